The number of methoxy groups -OCH3 is 3. The second kappa shape index (κ2) is 7.65. The molecule has 0 radical (unpaired) electrons. The van der Waals surface area contributed by atoms with E-state index in [4.69, 9.17) is 14.2 Å². The fourth-order valence-corrected chi connectivity index (χ4v) is 2.23. The fraction of sp³-hybridized carbons (Fsp3) is 0.278. The van der Waals surface area contributed by atoms with Gasteiger partial charge in [-0.3, -0.25) is 4.79 Å². The maximum atomic E-state index is 12.4. The third kappa shape index (κ3) is 4.02. The number of benzene rings is 2. The summed E-state index contributed by atoms with van der Waals surface area (Å²) in [4.78, 5) is 12.4. The largest absolute Gasteiger partial charge is 0.493 e. The Bertz CT molecular complexity index is 680. The standard InChI is InChI=1S/C18H21NO4/c1-12-9-16(22-3)17(23-4)10-15(12)19-18(20)14-7-5-13(6-8-14)11-21-2/h5-10H,11H2,1-4H3,(H,19,20). The molecule has 1 amide bonds. The smallest absolute Gasteiger partial charge is 0.255 e. The Kier molecular flexibility index (Phi) is 5.60. The molecule has 23 heavy (non-hydrogen) atoms. The summed E-state index contributed by atoms with van der Waals surface area (Å²) in [6, 6.07) is 10.9. The van der Waals surface area contributed by atoms with Gasteiger partial charge in [0.15, 0.2) is 11.5 Å². The van der Waals surface area contributed by atoms with Gasteiger partial charge in [-0.2, -0.15) is 0 Å². The van der Waals surface area contributed by atoms with Gasteiger partial charge in [-0.25, -0.2) is 0 Å². The fourth-order valence-electron chi connectivity index (χ4n) is 2.23. The van der Waals surface area contributed by atoms with Crippen LogP contribution in [0.4, 0.5) is 5.69 Å². The van der Waals surface area contributed by atoms with E-state index in [1.807, 2.05) is 25.1 Å². The Morgan fingerprint density at radius 3 is 2.17 bits per heavy atom. The highest BCUT2D eigenvalue weighted by Crippen LogP contribution is 2.33. The lowest BCUT2D eigenvalue weighted by atomic mass is 10.1. The van der Waals surface area contributed by atoms with E-state index in [1.165, 1.54) is 0 Å². The Morgan fingerprint density at radius 2 is 1.61 bits per heavy atom. The van der Waals surface area contributed by atoms with Crippen molar-refractivity contribution in [2.75, 3.05) is 26.6 Å². The Hall–Kier alpha value is -2.53. The molecule has 0 atom stereocenters. The molecule has 2 aromatic rings. The minimum Gasteiger partial charge on any atom is -0.493 e. The average molecular weight is 315 g/mol. The van der Waals surface area contributed by atoms with Crippen LogP contribution in [-0.2, 0) is 11.3 Å². The molecular formula is C18H21NO4. The van der Waals surface area contributed by atoms with E-state index < -0.39 is 0 Å². The van der Waals surface area contributed by atoms with Crippen LogP contribution < -0.4 is 14.8 Å². The van der Waals surface area contributed by atoms with Gasteiger partial charge in [-0.05, 0) is 36.2 Å². The highest BCUT2D eigenvalue weighted by molar-refractivity contribution is 6.04. The van der Waals surface area contributed by atoms with Crippen LogP contribution in [0.2, 0.25) is 0 Å². The van der Waals surface area contributed by atoms with E-state index in [9.17, 15) is 4.79 Å². The zero-order valence-corrected chi connectivity index (χ0v) is 13.8. The topological polar surface area (TPSA) is 56.8 Å². The molecular weight excluding hydrogens is 294 g/mol. The lowest BCUT2D eigenvalue weighted by Crippen LogP contribution is -2.13. The minimum atomic E-state index is -0.177. The molecule has 0 aliphatic heterocycles. The highest BCUT2D eigenvalue weighted by Gasteiger charge is 2.12. The van der Waals surface area contributed by atoms with E-state index >= 15 is 0 Å². The molecule has 2 rings (SSSR count). The number of aryl methyl sites for hydroxylation is 1. The van der Waals surface area contributed by atoms with Crippen LogP contribution in [0.3, 0.4) is 0 Å². The van der Waals surface area contributed by atoms with E-state index in [2.05, 4.69) is 5.32 Å². The third-order valence-electron chi connectivity index (χ3n) is 3.51. The monoisotopic (exact) mass is 315 g/mol. The van der Waals surface area contributed by atoms with Crippen LogP contribution in [-0.4, -0.2) is 27.2 Å². The maximum Gasteiger partial charge on any atom is 0.255 e. The quantitative estimate of drug-likeness (QED) is 0.887. The van der Waals surface area contributed by atoms with E-state index in [0.29, 0.717) is 29.4 Å². The number of rotatable bonds is 6. The van der Waals surface area contributed by atoms with Crippen molar-refractivity contribution in [1.82, 2.24) is 0 Å². The molecule has 0 heterocycles. The molecule has 1 N–H and O–H groups in total. The van der Waals surface area contributed by atoms with Crippen molar-refractivity contribution in [1.29, 1.82) is 0 Å². The van der Waals surface area contributed by atoms with Crippen molar-refractivity contribution >= 4 is 11.6 Å². The second-order valence-electron chi connectivity index (χ2n) is 5.11. The Morgan fingerprint density at radius 1 is 1.00 bits per heavy atom. The summed E-state index contributed by atoms with van der Waals surface area (Å²) in [5, 5.41) is 2.90. The van der Waals surface area contributed by atoms with Gasteiger partial charge in [-0.1, -0.05) is 12.1 Å². The summed E-state index contributed by atoms with van der Waals surface area (Å²) >= 11 is 0. The van der Waals surface area contributed by atoms with Crippen molar-refractivity contribution in [3.63, 3.8) is 0 Å². The number of ether oxygens (including phenoxy) is 3. The second-order valence-corrected chi connectivity index (χ2v) is 5.11. The summed E-state index contributed by atoms with van der Waals surface area (Å²) in [6.45, 7) is 2.43. The number of nitrogens with one attached hydrogen (secondary N) is 1. The van der Waals surface area contributed by atoms with Gasteiger partial charge in [0.2, 0.25) is 0 Å². The lowest BCUT2D eigenvalue weighted by Gasteiger charge is -2.13. The Labute approximate surface area is 136 Å². The van der Waals surface area contributed by atoms with Crippen molar-refractivity contribution in [3.05, 3.63) is 53.1 Å². The minimum absolute atomic E-state index is 0.177. The van der Waals surface area contributed by atoms with Crippen LogP contribution >= 0.6 is 0 Å². The molecule has 2 aromatic carbocycles. The summed E-state index contributed by atoms with van der Waals surface area (Å²) < 4.78 is 15.6. The molecule has 0 aliphatic rings. The average Bonchev–Trinajstić information content (AvgIpc) is 2.57. The van der Waals surface area contributed by atoms with Crippen molar-refractivity contribution < 1.29 is 19.0 Å². The highest BCUT2D eigenvalue weighted by atomic mass is 16.5. The SMILES string of the molecule is COCc1ccc(C(=O)Nc2cc(OC)c(OC)cc2C)cc1. The lowest BCUT2D eigenvalue weighted by molar-refractivity contribution is 0.102. The third-order valence-corrected chi connectivity index (χ3v) is 3.51. The van der Waals surface area contributed by atoms with Crippen molar-refractivity contribution in [2.45, 2.75) is 13.5 Å². The first-order chi connectivity index (χ1) is 11.1. The van der Waals surface area contributed by atoms with Gasteiger partial charge < -0.3 is 19.5 Å². The molecule has 0 aromatic heterocycles. The molecule has 0 bridgehead atoms. The molecule has 122 valence electrons. The number of carbonyl (C=O) groups is 1. The first-order valence-electron chi connectivity index (χ1n) is 7.21. The van der Waals surface area contributed by atoms with E-state index in [-0.39, 0.29) is 5.91 Å². The van der Waals surface area contributed by atoms with Crippen LogP contribution in [0.15, 0.2) is 36.4 Å². The van der Waals surface area contributed by atoms with Crippen LogP contribution in [0.25, 0.3) is 0 Å². The van der Waals surface area contributed by atoms with Gasteiger partial charge in [0, 0.05) is 24.4 Å². The first kappa shape index (κ1) is 16.8. The van der Waals surface area contributed by atoms with Crippen LogP contribution in [0, 0.1) is 6.92 Å². The zero-order chi connectivity index (χ0) is 16.8. The van der Waals surface area contributed by atoms with Crippen molar-refractivity contribution in [3.8, 4) is 11.5 Å². The predicted octanol–water partition coefficient (Wildman–Crippen LogP) is 3.41. The summed E-state index contributed by atoms with van der Waals surface area (Å²) in [5.74, 6) is 1.03. The van der Waals surface area contributed by atoms with Crippen LogP contribution in [0.1, 0.15) is 21.5 Å². The van der Waals surface area contributed by atoms with E-state index in [1.54, 1.807) is 39.5 Å². The number of carbonyl (C=O) groups excluding carboxylic acids is 1. The molecule has 0 aliphatic carbocycles. The Balaban J connectivity index is 2.19. The van der Waals surface area contributed by atoms with Gasteiger partial charge in [0.05, 0.1) is 20.8 Å². The first-order valence-corrected chi connectivity index (χ1v) is 7.21. The van der Waals surface area contributed by atoms with E-state index in [0.717, 1.165) is 11.1 Å². The molecule has 0 spiro atoms. The maximum absolute atomic E-state index is 12.4. The number of hydrogen-bond donors (Lipinski definition) is 1. The summed E-state index contributed by atoms with van der Waals surface area (Å²) in [7, 11) is 4.78. The van der Waals surface area contributed by atoms with Gasteiger partial charge in [-0.15, -0.1) is 0 Å². The molecule has 0 saturated carbocycles. The molecule has 5 heteroatoms. The zero-order valence-electron chi connectivity index (χ0n) is 13.8. The van der Waals surface area contributed by atoms with Gasteiger partial charge in [0.25, 0.3) is 5.91 Å². The van der Waals surface area contributed by atoms with Gasteiger partial charge >= 0.3 is 0 Å². The van der Waals surface area contributed by atoms with Crippen LogP contribution in [0.5, 0.6) is 11.5 Å². The number of hydrogen-bond acceptors (Lipinski definition) is 4. The summed E-state index contributed by atoms with van der Waals surface area (Å²) in [5.41, 5.74) is 3.19. The molecule has 0 saturated heterocycles. The van der Waals surface area contributed by atoms with Crippen molar-refractivity contribution in [2.24, 2.45) is 0 Å². The molecule has 0 unspecified atom stereocenters. The molecule has 5 nitrogen and oxygen atoms in total. The predicted molar refractivity (Wildman–Crippen MR) is 89.4 cm³/mol. The summed E-state index contributed by atoms with van der Waals surface area (Å²) in [6.07, 6.45) is 0. The van der Waals surface area contributed by atoms with Gasteiger partial charge in [0.1, 0.15) is 0 Å². The molecule has 0 fully saturated rings. The normalized spacial score (nSPS) is 10.3. The number of anilines is 1. The number of amides is 1.